The van der Waals surface area contributed by atoms with E-state index in [4.69, 9.17) is 5.11 Å². The molecule has 70 valence electrons. The lowest BCUT2D eigenvalue weighted by Crippen LogP contribution is -1.91. The molecule has 0 heterocycles. The maximum atomic E-state index is 8.87. The molecule has 1 aromatic carbocycles. The third-order valence-electron chi connectivity index (χ3n) is 2.95. The van der Waals surface area contributed by atoms with Crippen LogP contribution in [0.1, 0.15) is 18.4 Å². The van der Waals surface area contributed by atoms with Crippen LogP contribution in [0.15, 0.2) is 30.3 Å². The summed E-state index contributed by atoms with van der Waals surface area (Å²) < 4.78 is 0. The second kappa shape index (κ2) is 3.93. The van der Waals surface area contributed by atoms with Crippen LogP contribution in [0.5, 0.6) is 0 Å². The zero-order valence-corrected chi connectivity index (χ0v) is 7.82. The summed E-state index contributed by atoms with van der Waals surface area (Å²) >= 11 is 0. The number of rotatable bonds is 4. The second-order valence-electron chi connectivity index (χ2n) is 3.96. The average molecular weight is 176 g/mol. The van der Waals surface area contributed by atoms with Gasteiger partial charge >= 0.3 is 0 Å². The van der Waals surface area contributed by atoms with E-state index in [-0.39, 0.29) is 0 Å². The van der Waals surface area contributed by atoms with Gasteiger partial charge in [-0.1, -0.05) is 30.3 Å². The lowest BCUT2D eigenvalue weighted by molar-refractivity contribution is 0.267. The van der Waals surface area contributed by atoms with Crippen molar-refractivity contribution in [3.8, 4) is 0 Å². The van der Waals surface area contributed by atoms with E-state index in [9.17, 15) is 0 Å². The molecule has 0 spiro atoms. The van der Waals surface area contributed by atoms with Gasteiger partial charge in [0.1, 0.15) is 0 Å². The molecule has 0 aliphatic heterocycles. The zero-order chi connectivity index (χ0) is 9.10. The monoisotopic (exact) mass is 176 g/mol. The van der Waals surface area contributed by atoms with Gasteiger partial charge in [-0.05, 0) is 36.7 Å². The minimum absolute atomic E-state index is 0.388. The van der Waals surface area contributed by atoms with Gasteiger partial charge in [0.05, 0.1) is 0 Å². The van der Waals surface area contributed by atoms with Crippen molar-refractivity contribution in [3.63, 3.8) is 0 Å². The van der Waals surface area contributed by atoms with Crippen LogP contribution in [0.3, 0.4) is 0 Å². The summed E-state index contributed by atoms with van der Waals surface area (Å²) in [5.41, 5.74) is 1.42. The molecule has 0 saturated heterocycles. The Balaban J connectivity index is 1.75. The molecule has 1 N–H and O–H groups in total. The lowest BCUT2D eigenvalue weighted by Gasteiger charge is -1.99. The summed E-state index contributed by atoms with van der Waals surface area (Å²) in [4.78, 5) is 0. The highest BCUT2D eigenvalue weighted by molar-refractivity contribution is 5.15. The molecular formula is C12H16O. The molecular weight excluding hydrogens is 160 g/mol. The van der Waals surface area contributed by atoms with Crippen molar-refractivity contribution in [1.82, 2.24) is 0 Å². The van der Waals surface area contributed by atoms with Crippen LogP contribution in [-0.2, 0) is 6.42 Å². The predicted molar refractivity (Wildman–Crippen MR) is 53.4 cm³/mol. The van der Waals surface area contributed by atoms with Crippen molar-refractivity contribution in [2.45, 2.75) is 19.3 Å². The van der Waals surface area contributed by atoms with E-state index in [1.807, 2.05) is 0 Å². The Hall–Kier alpha value is -0.820. The topological polar surface area (TPSA) is 20.2 Å². The molecule has 1 heteroatoms. The number of benzene rings is 1. The minimum atomic E-state index is 0.388. The maximum absolute atomic E-state index is 8.87. The van der Waals surface area contributed by atoms with Crippen molar-refractivity contribution in [2.24, 2.45) is 11.8 Å². The predicted octanol–water partition coefficient (Wildman–Crippen LogP) is 2.25. The molecule has 13 heavy (non-hydrogen) atoms. The third-order valence-corrected chi connectivity index (χ3v) is 2.95. The highest BCUT2D eigenvalue weighted by atomic mass is 16.3. The van der Waals surface area contributed by atoms with Gasteiger partial charge in [0.15, 0.2) is 0 Å². The Morgan fingerprint density at radius 1 is 1.15 bits per heavy atom. The molecule has 1 aliphatic rings. The second-order valence-corrected chi connectivity index (χ2v) is 3.96. The highest BCUT2D eigenvalue weighted by Gasteiger charge is 2.35. The molecule has 0 aromatic heterocycles. The molecule has 0 radical (unpaired) electrons. The van der Waals surface area contributed by atoms with Crippen molar-refractivity contribution in [3.05, 3.63) is 35.9 Å². The van der Waals surface area contributed by atoms with Crippen LogP contribution < -0.4 is 0 Å². The summed E-state index contributed by atoms with van der Waals surface area (Å²) in [6.45, 7) is 0.388. The maximum Gasteiger partial charge on any atom is 0.0462 e. The number of aliphatic hydroxyl groups excluding tert-OH is 1. The third kappa shape index (κ3) is 2.31. The molecule has 0 amide bonds. The van der Waals surface area contributed by atoms with E-state index >= 15 is 0 Å². The van der Waals surface area contributed by atoms with E-state index in [1.54, 1.807) is 0 Å². The minimum Gasteiger partial charge on any atom is -0.396 e. The summed E-state index contributed by atoms with van der Waals surface area (Å²) in [6.07, 6.45) is 3.65. The smallest absolute Gasteiger partial charge is 0.0462 e. The summed E-state index contributed by atoms with van der Waals surface area (Å²) in [5, 5.41) is 8.87. The Labute approximate surface area is 79.4 Å². The van der Waals surface area contributed by atoms with E-state index in [0.29, 0.717) is 12.5 Å². The van der Waals surface area contributed by atoms with Gasteiger partial charge in [-0.2, -0.15) is 0 Å². The standard InChI is InChI=1S/C12H16O/c13-9-12-8-11(12)7-6-10-4-2-1-3-5-10/h1-5,11-13H,6-9H2/t11-,12+/m0/s1. The first-order valence-electron chi connectivity index (χ1n) is 5.05. The SMILES string of the molecule is OC[C@H]1C[C@@H]1CCc1ccccc1. The molecule has 1 fully saturated rings. The van der Waals surface area contributed by atoms with Crippen LogP contribution in [0.2, 0.25) is 0 Å². The van der Waals surface area contributed by atoms with E-state index in [1.165, 1.54) is 24.8 Å². The van der Waals surface area contributed by atoms with E-state index < -0.39 is 0 Å². The molecule has 1 nitrogen and oxygen atoms in total. The van der Waals surface area contributed by atoms with Gasteiger partial charge in [-0.15, -0.1) is 0 Å². The van der Waals surface area contributed by atoms with Crippen LogP contribution in [0.4, 0.5) is 0 Å². The Kier molecular flexibility index (Phi) is 2.65. The van der Waals surface area contributed by atoms with Gasteiger partial charge < -0.3 is 5.11 Å². The van der Waals surface area contributed by atoms with Crippen LogP contribution in [-0.4, -0.2) is 11.7 Å². The fraction of sp³-hybridized carbons (Fsp3) is 0.500. The first-order chi connectivity index (χ1) is 6.40. The summed E-state index contributed by atoms with van der Waals surface area (Å²) in [7, 11) is 0. The normalized spacial score (nSPS) is 25.9. The molecule has 1 saturated carbocycles. The first-order valence-corrected chi connectivity index (χ1v) is 5.05. The van der Waals surface area contributed by atoms with Crippen LogP contribution in [0.25, 0.3) is 0 Å². The van der Waals surface area contributed by atoms with Gasteiger partial charge in [-0.25, -0.2) is 0 Å². The van der Waals surface area contributed by atoms with Crippen molar-refractivity contribution < 1.29 is 5.11 Å². The van der Waals surface area contributed by atoms with Gasteiger partial charge in [-0.3, -0.25) is 0 Å². The van der Waals surface area contributed by atoms with E-state index in [0.717, 1.165) is 5.92 Å². The highest BCUT2D eigenvalue weighted by Crippen LogP contribution is 2.41. The van der Waals surface area contributed by atoms with Crippen molar-refractivity contribution >= 4 is 0 Å². The largest absolute Gasteiger partial charge is 0.396 e. The van der Waals surface area contributed by atoms with Crippen LogP contribution in [0, 0.1) is 11.8 Å². The number of aryl methyl sites for hydroxylation is 1. The van der Waals surface area contributed by atoms with Crippen molar-refractivity contribution in [1.29, 1.82) is 0 Å². The van der Waals surface area contributed by atoms with Gasteiger partial charge in [0.2, 0.25) is 0 Å². The molecule has 2 rings (SSSR count). The fourth-order valence-electron chi connectivity index (χ4n) is 1.88. The number of hydrogen-bond acceptors (Lipinski definition) is 1. The molecule has 1 aliphatic carbocycles. The molecule has 0 bridgehead atoms. The van der Waals surface area contributed by atoms with Crippen molar-refractivity contribution in [2.75, 3.05) is 6.61 Å². The lowest BCUT2D eigenvalue weighted by atomic mass is 10.1. The summed E-state index contributed by atoms with van der Waals surface area (Å²) in [5.74, 6) is 1.41. The van der Waals surface area contributed by atoms with Crippen LogP contribution >= 0.6 is 0 Å². The fourth-order valence-corrected chi connectivity index (χ4v) is 1.88. The number of aliphatic hydroxyl groups is 1. The Morgan fingerprint density at radius 2 is 1.92 bits per heavy atom. The van der Waals surface area contributed by atoms with Gasteiger partial charge in [0.25, 0.3) is 0 Å². The Bertz CT molecular complexity index is 255. The van der Waals surface area contributed by atoms with E-state index in [2.05, 4.69) is 30.3 Å². The average Bonchev–Trinajstić information content (AvgIpc) is 2.95. The Morgan fingerprint density at radius 3 is 2.54 bits per heavy atom. The number of hydrogen-bond donors (Lipinski definition) is 1. The first kappa shape index (κ1) is 8.76. The quantitative estimate of drug-likeness (QED) is 0.746. The zero-order valence-electron chi connectivity index (χ0n) is 7.82. The molecule has 1 aromatic rings. The van der Waals surface area contributed by atoms with Gasteiger partial charge in [0, 0.05) is 6.61 Å². The molecule has 2 atom stereocenters. The molecule has 0 unspecified atom stereocenters. The summed E-state index contributed by atoms with van der Waals surface area (Å²) in [6, 6.07) is 10.6.